The van der Waals surface area contributed by atoms with Gasteiger partial charge in [0, 0.05) is 37.1 Å². The highest BCUT2D eigenvalue weighted by Crippen LogP contribution is 2.22. The predicted molar refractivity (Wildman–Crippen MR) is 85.7 cm³/mol. The summed E-state index contributed by atoms with van der Waals surface area (Å²) in [7, 11) is 0. The SMILES string of the molecule is CC(C)CN1CCc2cnc(-c3ccc(N)cc3)nc2C1. The molecule has 2 N–H and O–H groups in total. The Balaban J connectivity index is 1.85. The molecule has 4 nitrogen and oxygen atoms in total. The van der Waals surface area contributed by atoms with E-state index in [1.165, 1.54) is 11.3 Å². The van der Waals surface area contributed by atoms with E-state index in [-0.39, 0.29) is 0 Å². The zero-order valence-corrected chi connectivity index (χ0v) is 12.7. The van der Waals surface area contributed by atoms with E-state index in [1.807, 2.05) is 30.5 Å². The van der Waals surface area contributed by atoms with E-state index in [2.05, 4.69) is 23.7 Å². The molecule has 1 aliphatic heterocycles. The molecule has 2 aromatic rings. The van der Waals surface area contributed by atoms with Crippen LogP contribution in [0.15, 0.2) is 30.5 Å². The molecule has 3 rings (SSSR count). The van der Waals surface area contributed by atoms with Gasteiger partial charge in [-0.15, -0.1) is 0 Å². The summed E-state index contributed by atoms with van der Waals surface area (Å²) < 4.78 is 0. The Hall–Kier alpha value is -1.94. The van der Waals surface area contributed by atoms with Gasteiger partial charge in [0.15, 0.2) is 5.82 Å². The number of fused-ring (bicyclic) bond motifs is 1. The molecular formula is C17H22N4. The lowest BCUT2D eigenvalue weighted by molar-refractivity contribution is 0.223. The fourth-order valence-electron chi connectivity index (χ4n) is 2.80. The molecule has 0 saturated heterocycles. The molecule has 0 bridgehead atoms. The van der Waals surface area contributed by atoms with Crippen molar-refractivity contribution < 1.29 is 0 Å². The molecule has 0 saturated carbocycles. The maximum atomic E-state index is 5.73. The van der Waals surface area contributed by atoms with Gasteiger partial charge in [-0.25, -0.2) is 9.97 Å². The normalized spacial score (nSPS) is 15.2. The summed E-state index contributed by atoms with van der Waals surface area (Å²) in [4.78, 5) is 11.8. The lowest BCUT2D eigenvalue weighted by Crippen LogP contribution is -2.34. The molecule has 1 aromatic heterocycles. The monoisotopic (exact) mass is 282 g/mol. The largest absolute Gasteiger partial charge is 0.399 e. The van der Waals surface area contributed by atoms with Crippen LogP contribution < -0.4 is 5.73 Å². The Morgan fingerprint density at radius 1 is 1.24 bits per heavy atom. The standard InChI is InChI=1S/C17H22N4/c1-12(2)10-21-8-7-14-9-19-17(20-16(14)11-21)13-3-5-15(18)6-4-13/h3-6,9,12H,7-8,10-11,18H2,1-2H3. The lowest BCUT2D eigenvalue weighted by atomic mass is 10.0. The van der Waals surface area contributed by atoms with Gasteiger partial charge in [-0.2, -0.15) is 0 Å². The highest BCUT2D eigenvalue weighted by molar-refractivity contribution is 5.58. The Bertz CT molecular complexity index is 619. The van der Waals surface area contributed by atoms with Crippen LogP contribution in [-0.4, -0.2) is 28.0 Å². The van der Waals surface area contributed by atoms with Crippen LogP contribution in [-0.2, 0) is 13.0 Å². The van der Waals surface area contributed by atoms with E-state index in [4.69, 9.17) is 10.7 Å². The molecule has 1 aromatic carbocycles. The van der Waals surface area contributed by atoms with Crippen molar-refractivity contribution in [2.24, 2.45) is 5.92 Å². The molecule has 0 aliphatic carbocycles. The molecule has 21 heavy (non-hydrogen) atoms. The fourth-order valence-corrected chi connectivity index (χ4v) is 2.80. The number of rotatable bonds is 3. The highest BCUT2D eigenvalue weighted by atomic mass is 15.1. The minimum Gasteiger partial charge on any atom is -0.399 e. The second-order valence-corrected chi connectivity index (χ2v) is 6.17. The number of hydrogen-bond acceptors (Lipinski definition) is 4. The van der Waals surface area contributed by atoms with Gasteiger partial charge in [0.1, 0.15) is 0 Å². The van der Waals surface area contributed by atoms with Crippen molar-refractivity contribution in [3.63, 3.8) is 0 Å². The van der Waals surface area contributed by atoms with E-state index < -0.39 is 0 Å². The van der Waals surface area contributed by atoms with Crippen molar-refractivity contribution in [2.45, 2.75) is 26.8 Å². The molecule has 0 atom stereocenters. The number of nitrogen functional groups attached to an aromatic ring is 1. The Labute approximate surface area is 126 Å². The average Bonchev–Trinajstić information content (AvgIpc) is 2.46. The first-order valence-electron chi connectivity index (χ1n) is 7.55. The second-order valence-electron chi connectivity index (χ2n) is 6.17. The summed E-state index contributed by atoms with van der Waals surface area (Å²) in [5.41, 5.74) is 9.97. The van der Waals surface area contributed by atoms with Gasteiger partial charge in [-0.3, -0.25) is 4.90 Å². The second kappa shape index (κ2) is 5.82. The van der Waals surface area contributed by atoms with Crippen LogP contribution in [0.25, 0.3) is 11.4 Å². The number of benzene rings is 1. The molecule has 2 heterocycles. The van der Waals surface area contributed by atoms with Crippen molar-refractivity contribution >= 4 is 5.69 Å². The van der Waals surface area contributed by atoms with Crippen LogP contribution in [0.1, 0.15) is 25.1 Å². The first kappa shape index (κ1) is 14.0. The van der Waals surface area contributed by atoms with E-state index >= 15 is 0 Å². The van der Waals surface area contributed by atoms with Gasteiger partial charge in [-0.1, -0.05) is 13.8 Å². The van der Waals surface area contributed by atoms with Crippen LogP contribution in [0, 0.1) is 5.92 Å². The van der Waals surface area contributed by atoms with Gasteiger partial charge in [0.05, 0.1) is 5.69 Å². The third kappa shape index (κ3) is 3.22. The molecule has 110 valence electrons. The first-order valence-corrected chi connectivity index (χ1v) is 7.55. The lowest BCUT2D eigenvalue weighted by Gasteiger charge is -2.29. The molecular weight excluding hydrogens is 260 g/mol. The summed E-state index contributed by atoms with van der Waals surface area (Å²) >= 11 is 0. The molecule has 1 aliphatic rings. The molecule has 0 amide bonds. The maximum absolute atomic E-state index is 5.73. The topological polar surface area (TPSA) is 55.0 Å². The maximum Gasteiger partial charge on any atom is 0.159 e. The van der Waals surface area contributed by atoms with Crippen molar-refractivity contribution in [1.82, 2.24) is 14.9 Å². The third-order valence-electron chi connectivity index (χ3n) is 3.82. The number of anilines is 1. The minimum atomic E-state index is 0.685. The summed E-state index contributed by atoms with van der Waals surface area (Å²) in [5, 5.41) is 0. The zero-order chi connectivity index (χ0) is 14.8. The number of nitrogens with two attached hydrogens (primary N) is 1. The van der Waals surface area contributed by atoms with E-state index in [9.17, 15) is 0 Å². The third-order valence-corrected chi connectivity index (χ3v) is 3.82. The van der Waals surface area contributed by atoms with Gasteiger partial charge in [0.25, 0.3) is 0 Å². The molecule has 0 fully saturated rings. The van der Waals surface area contributed by atoms with Gasteiger partial charge >= 0.3 is 0 Å². The van der Waals surface area contributed by atoms with Crippen molar-refractivity contribution in [1.29, 1.82) is 0 Å². The molecule has 0 unspecified atom stereocenters. The van der Waals surface area contributed by atoms with Crippen LogP contribution in [0.5, 0.6) is 0 Å². The molecule has 0 radical (unpaired) electrons. The smallest absolute Gasteiger partial charge is 0.159 e. The summed E-state index contributed by atoms with van der Waals surface area (Å²) in [6.07, 6.45) is 3.03. The van der Waals surface area contributed by atoms with Gasteiger partial charge in [-0.05, 0) is 42.2 Å². The van der Waals surface area contributed by atoms with Crippen molar-refractivity contribution in [3.05, 3.63) is 41.7 Å². The number of nitrogens with zero attached hydrogens (tertiary/aromatic N) is 3. The van der Waals surface area contributed by atoms with Crippen LogP contribution >= 0.6 is 0 Å². The summed E-state index contributed by atoms with van der Waals surface area (Å²) in [6.45, 7) is 7.68. The van der Waals surface area contributed by atoms with E-state index in [0.717, 1.165) is 43.1 Å². The number of aromatic nitrogens is 2. The Morgan fingerprint density at radius 2 is 2.00 bits per heavy atom. The summed E-state index contributed by atoms with van der Waals surface area (Å²) in [5.74, 6) is 1.48. The van der Waals surface area contributed by atoms with Crippen LogP contribution in [0.2, 0.25) is 0 Å². The van der Waals surface area contributed by atoms with E-state index in [1.54, 1.807) is 0 Å². The minimum absolute atomic E-state index is 0.685. The first-order chi connectivity index (χ1) is 10.1. The van der Waals surface area contributed by atoms with Crippen LogP contribution in [0.3, 0.4) is 0 Å². The number of hydrogen-bond donors (Lipinski definition) is 1. The van der Waals surface area contributed by atoms with E-state index in [0.29, 0.717) is 5.92 Å². The molecule has 0 spiro atoms. The van der Waals surface area contributed by atoms with Gasteiger partial charge in [0.2, 0.25) is 0 Å². The van der Waals surface area contributed by atoms with Crippen molar-refractivity contribution in [2.75, 3.05) is 18.8 Å². The molecule has 4 heteroatoms. The Morgan fingerprint density at radius 3 is 2.71 bits per heavy atom. The quantitative estimate of drug-likeness (QED) is 0.880. The van der Waals surface area contributed by atoms with Crippen LogP contribution in [0.4, 0.5) is 5.69 Å². The highest BCUT2D eigenvalue weighted by Gasteiger charge is 2.19. The zero-order valence-electron chi connectivity index (χ0n) is 12.7. The van der Waals surface area contributed by atoms with Gasteiger partial charge < -0.3 is 5.73 Å². The average molecular weight is 282 g/mol. The fraction of sp³-hybridized carbons (Fsp3) is 0.412. The summed E-state index contributed by atoms with van der Waals surface area (Å²) in [6, 6.07) is 7.74. The Kier molecular flexibility index (Phi) is 3.88. The predicted octanol–water partition coefficient (Wildman–Crippen LogP) is 2.74. The van der Waals surface area contributed by atoms with Crippen molar-refractivity contribution in [3.8, 4) is 11.4 Å².